The molecule has 1 fully saturated rings. The molecule has 1 aliphatic heterocycles. The number of fused-ring (bicyclic) bond motifs is 1. The normalized spacial score (nSPS) is 15.3. The third kappa shape index (κ3) is 3.18. The second-order valence-electron chi connectivity index (χ2n) is 6.18. The fourth-order valence-electron chi connectivity index (χ4n) is 3.14. The molecule has 134 valence electrons. The number of hydrogen-bond acceptors (Lipinski definition) is 6. The fraction of sp³-hybridized carbons (Fsp3) is 0.316. The van der Waals surface area contributed by atoms with Crippen LogP contribution in [0.5, 0.6) is 5.75 Å². The van der Waals surface area contributed by atoms with Gasteiger partial charge in [-0.15, -0.1) is 0 Å². The number of ether oxygens (including phenoxy) is 2. The zero-order chi connectivity index (χ0) is 17.9. The first-order valence-electron chi connectivity index (χ1n) is 8.55. The highest BCUT2D eigenvalue weighted by atomic mass is 16.5. The Morgan fingerprint density at radius 1 is 1.19 bits per heavy atom. The van der Waals surface area contributed by atoms with Gasteiger partial charge in [-0.05, 0) is 30.3 Å². The van der Waals surface area contributed by atoms with Gasteiger partial charge in [0.05, 0.1) is 32.4 Å². The molecule has 1 aromatic carbocycles. The van der Waals surface area contributed by atoms with Gasteiger partial charge in [-0.3, -0.25) is 14.7 Å². The van der Waals surface area contributed by atoms with Crippen LogP contribution in [0.25, 0.3) is 22.0 Å². The lowest BCUT2D eigenvalue weighted by molar-refractivity contribution is 0.0206. The van der Waals surface area contributed by atoms with Crippen LogP contribution in [0.4, 0.5) is 0 Å². The van der Waals surface area contributed by atoms with E-state index in [-0.39, 0.29) is 5.56 Å². The summed E-state index contributed by atoms with van der Waals surface area (Å²) in [5, 5.41) is 6.05. The van der Waals surface area contributed by atoms with Crippen LogP contribution < -0.4 is 10.3 Å². The van der Waals surface area contributed by atoms with Gasteiger partial charge >= 0.3 is 0 Å². The van der Waals surface area contributed by atoms with Crippen molar-refractivity contribution in [2.45, 2.75) is 6.67 Å². The Kier molecular flexibility index (Phi) is 4.64. The molecule has 0 radical (unpaired) electrons. The van der Waals surface area contributed by atoms with E-state index >= 15 is 0 Å². The number of methoxy groups -OCH3 is 1. The van der Waals surface area contributed by atoms with Crippen molar-refractivity contribution < 1.29 is 9.47 Å². The average Bonchev–Trinajstić information content (AvgIpc) is 2.71. The lowest BCUT2D eigenvalue weighted by Gasteiger charge is -2.26. The summed E-state index contributed by atoms with van der Waals surface area (Å²) in [4.78, 5) is 19.3. The molecular weight excluding hydrogens is 332 g/mol. The summed E-state index contributed by atoms with van der Waals surface area (Å²) in [6, 6.07) is 9.26. The topological polar surface area (TPSA) is 69.5 Å². The first kappa shape index (κ1) is 16.7. The third-order valence-corrected chi connectivity index (χ3v) is 4.54. The summed E-state index contributed by atoms with van der Waals surface area (Å²) in [5.41, 5.74) is 1.48. The SMILES string of the molecule is COc1ccc2c(=O)n(CN3CCOCC3)nc(-c3cccnc3)c2c1. The van der Waals surface area contributed by atoms with Gasteiger partial charge in [0.15, 0.2) is 0 Å². The highest BCUT2D eigenvalue weighted by Crippen LogP contribution is 2.27. The molecule has 0 spiro atoms. The van der Waals surface area contributed by atoms with E-state index in [0.29, 0.717) is 31.0 Å². The number of benzene rings is 1. The number of nitrogens with zero attached hydrogens (tertiary/aromatic N) is 4. The summed E-state index contributed by atoms with van der Waals surface area (Å²) in [6.07, 6.45) is 3.47. The van der Waals surface area contributed by atoms with Crippen molar-refractivity contribution in [3.8, 4) is 17.0 Å². The zero-order valence-corrected chi connectivity index (χ0v) is 14.6. The van der Waals surface area contributed by atoms with Crippen molar-refractivity contribution in [3.05, 3.63) is 53.1 Å². The van der Waals surface area contributed by atoms with Crippen LogP contribution in [0.15, 0.2) is 47.5 Å². The third-order valence-electron chi connectivity index (χ3n) is 4.54. The predicted octanol–water partition coefficient (Wildman–Crippen LogP) is 1.76. The van der Waals surface area contributed by atoms with E-state index in [9.17, 15) is 4.79 Å². The number of morpholine rings is 1. The molecule has 0 atom stereocenters. The number of hydrogen-bond donors (Lipinski definition) is 0. The average molecular weight is 352 g/mol. The zero-order valence-electron chi connectivity index (χ0n) is 14.6. The first-order valence-corrected chi connectivity index (χ1v) is 8.55. The minimum absolute atomic E-state index is 0.109. The highest BCUT2D eigenvalue weighted by molar-refractivity contribution is 5.94. The molecule has 2 aromatic heterocycles. The summed E-state index contributed by atoms with van der Waals surface area (Å²) in [5.74, 6) is 0.690. The molecule has 7 nitrogen and oxygen atoms in total. The van der Waals surface area contributed by atoms with Gasteiger partial charge in [0.2, 0.25) is 0 Å². The molecule has 0 saturated carbocycles. The molecule has 0 amide bonds. The molecular formula is C19H20N4O3. The highest BCUT2D eigenvalue weighted by Gasteiger charge is 2.17. The second kappa shape index (κ2) is 7.23. The number of aromatic nitrogens is 3. The molecule has 4 rings (SSSR count). The lowest BCUT2D eigenvalue weighted by atomic mass is 10.1. The molecule has 3 aromatic rings. The van der Waals surface area contributed by atoms with E-state index in [4.69, 9.17) is 9.47 Å². The van der Waals surface area contributed by atoms with Crippen LogP contribution in [-0.2, 0) is 11.4 Å². The molecule has 0 N–H and O–H groups in total. The Balaban J connectivity index is 1.88. The van der Waals surface area contributed by atoms with E-state index in [1.54, 1.807) is 31.6 Å². The van der Waals surface area contributed by atoms with Crippen molar-refractivity contribution in [3.63, 3.8) is 0 Å². The Labute approximate surface area is 150 Å². The van der Waals surface area contributed by atoms with E-state index in [0.717, 1.165) is 29.7 Å². The first-order chi connectivity index (χ1) is 12.8. The van der Waals surface area contributed by atoms with Crippen LogP contribution in [0.2, 0.25) is 0 Å². The van der Waals surface area contributed by atoms with Gasteiger partial charge in [-0.2, -0.15) is 5.10 Å². The van der Waals surface area contributed by atoms with E-state index in [2.05, 4.69) is 15.0 Å². The summed E-state index contributed by atoms with van der Waals surface area (Å²) in [7, 11) is 1.61. The summed E-state index contributed by atoms with van der Waals surface area (Å²) in [6.45, 7) is 3.37. The van der Waals surface area contributed by atoms with E-state index in [1.807, 2.05) is 18.2 Å². The Morgan fingerprint density at radius 3 is 2.77 bits per heavy atom. The molecule has 0 bridgehead atoms. The van der Waals surface area contributed by atoms with E-state index in [1.165, 1.54) is 4.68 Å². The Morgan fingerprint density at radius 2 is 2.04 bits per heavy atom. The maximum Gasteiger partial charge on any atom is 0.275 e. The largest absolute Gasteiger partial charge is 0.497 e. The summed E-state index contributed by atoms with van der Waals surface area (Å²) >= 11 is 0. The molecule has 26 heavy (non-hydrogen) atoms. The molecule has 1 saturated heterocycles. The Bertz CT molecular complexity index is 966. The van der Waals surface area contributed by atoms with Gasteiger partial charge in [-0.25, -0.2) is 4.68 Å². The second-order valence-corrected chi connectivity index (χ2v) is 6.18. The van der Waals surface area contributed by atoms with Crippen molar-refractivity contribution in [2.75, 3.05) is 33.4 Å². The van der Waals surface area contributed by atoms with Gasteiger partial charge in [0.25, 0.3) is 5.56 Å². The van der Waals surface area contributed by atoms with Gasteiger partial charge in [0, 0.05) is 36.4 Å². The lowest BCUT2D eigenvalue weighted by Crippen LogP contribution is -2.40. The van der Waals surface area contributed by atoms with E-state index < -0.39 is 0 Å². The number of pyridine rings is 1. The van der Waals surface area contributed by atoms with Crippen LogP contribution in [0, 0.1) is 0 Å². The minimum atomic E-state index is -0.109. The molecule has 3 heterocycles. The van der Waals surface area contributed by atoms with Crippen molar-refractivity contribution >= 4 is 10.8 Å². The molecule has 7 heteroatoms. The van der Waals surface area contributed by atoms with Crippen LogP contribution >= 0.6 is 0 Å². The molecule has 0 unspecified atom stereocenters. The monoisotopic (exact) mass is 352 g/mol. The van der Waals surface area contributed by atoms with Crippen LogP contribution in [0.1, 0.15) is 0 Å². The van der Waals surface area contributed by atoms with Crippen molar-refractivity contribution in [2.24, 2.45) is 0 Å². The van der Waals surface area contributed by atoms with Crippen LogP contribution in [0.3, 0.4) is 0 Å². The van der Waals surface area contributed by atoms with Crippen molar-refractivity contribution in [1.82, 2.24) is 19.7 Å². The quantitative estimate of drug-likeness (QED) is 0.713. The van der Waals surface area contributed by atoms with Gasteiger partial charge in [-0.1, -0.05) is 0 Å². The minimum Gasteiger partial charge on any atom is -0.497 e. The maximum atomic E-state index is 13.0. The smallest absolute Gasteiger partial charge is 0.275 e. The van der Waals surface area contributed by atoms with Crippen molar-refractivity contribution in [1.29, 1.82) is 0 Å². The Hall–Kier alpha value is -2.77. The molecule has 0 aliphatic carbocycles. The molecule has 1 aliphatic rings. The standard InChI is InChI=1S/C19H20N4O3/c1-25-15-4-5-16-17(11-15)18(14-3-2-6-20-12-14)21-23(19(16)24)13-22-7-9-26-10-8-22/h2-6,11-12H,7-10,13H2,1H3. The van der Waals surface area contributed by atoms with Gasteiger partial charge in [0.1, 0.15) is 11.4 Å². The van der Waals surface area contributed by atoms with Gasteiger partial charge < -0.3 is 9.47 Å². The van der Waals surface area contributed by atoms with Crippen LogP contribution in [-0.4, -0.2) is 53.1 Å². The summed E-state index contributed by atoms with van der Waals surface area (Å²) < 4.78 is 12.2. The fourth-order valence-corrected chi connectivity index (χ4v) is 3.14. The number of rotatable bonds is 4. The maximum absolute atomic E-state index is 13.0. The predicted molar refractivity (Wildman–Crippen MR) is 98.2 cm³/mol.